The van der Waals surface area contributed by atoms with Crippen molar-refractivity contribution in [3.8, 4) is 6.07 Å². The number of halogens is 1. The van der Waals surface area contributed by atoms with Crippen LogP contribution < -0.4 is 4.90 Å². The number of anilines is 1. The van der Waals surface area contributed by atoms with Crippen molar-refractivity contribution in [3.63, 3.8) is 0 Å². The highest BCUT2D eigenvalue weighted by atomic mass is 19.1. The summed E-state index contributed by atoms with van der Waals surface area (Å²) in [5.41, 5.74) is 0.960. The number of aromatic nitrogens is 2. The van der Waals surface area contributed by atoms with Crippen molar-refractivity contribution < 1.29 is 13.9 Å². The fraction of sp³-hybridized carbons (Fsp3) is 0.538. The first-order valence-electron chi connectivity index (χ1n) is 12.1. The molecule has 9 heteroatoms. The van der Waals surface area contributed by atoms with Gasteiger partial charge in [0.1, 0.15) is 11.9 Å². The van der Waals surface area contributed by atoms with E-state index < -0.39 is 0 Å². The summed E-state index contributed by atoms with van der Waals surface area (Å²) >= 11 is 0. The zero-order chi connectivity index (χ0) is 25.1. The van der Waals surface area contributed by atoms with Gasteiger partial charge in [0.15, 0.2) is 0 Å². The standard InChI is InChI=1S/C26H33FN6O2/c1-31(2)26(20-7-6-8-21(27)15-20)11-9-25(10-12-26)19-32(22-17-29-23(16-28)30-18-22)24(34)33(25)13-4-5-14-35-3/h6-8,15,17-18H,4-5,9-14,19H2,1-3H3/t25-,26-. The lowest BCUT2D eigenvalue weighted by atomic mass is 9.68. The molecule has 2 heterocycles. The lowest BCUT2D eigenvalue weighted by Crippen LogP contribution is -2.55. The molecular formula is C26H33FN6O2. The third-order valence-corrected chi connectivity index (χ3v) is 7.74. The van der Waals surface area contributed by atoms with Gasteiger partial charge in [-0.05, 0) is 70.3 Å². The van der Waals surface area contributed by atoms with Crippen LogP contribution in [0.4, 0.5) is 14.9 Å². The van der Waals surface area contributed by atoms with Gasteiger partial charge < -0.3 is 9.64 Å². The molecule has 0 unspecified atom stereocenters. The highest BCUT2D eigenvalue weighted by Gasteiger charge is 2.54. The molecule has 1 aromatic carbocycles. The first-order chi connectivity index (χ1) is 16.8. The fourth-order valence-corrected chi connectivity index (χ4v) is 5.69. The monoisotopic (exact) mass is 480 g/mol. The van der Waals surface area contributed by atoms with Crippen LogP contribution in [-0.4, -0.2) is 72.2 Å². The van der Waals surface area contributed by atoms with Crippen molar-refractivity contribution >= 4 is 11.7 Å². The normalized spacial score (nSPS) is 24.4. The van der Waals surface area contributed by atoms with Crippen LogP contribution in [-0.2, 0) is 10.3 Å². The Morgan fingerprint density at radius 3 is 2.49 bits per heavy atom. The molecule has 186 valence electrons. The van der Waals surface area contributed by atoms with Gasteiger partial charge in [-0.3, -0.25) is 9.80 Å². The number of ether oxygens (including phenoxy) is 1. The van der Waals surface area contributed by atoms with Crippen molar-refractivity contribution in [1.82, 2.24) is 19.8 Å². The molecule has 1 spiro atoms. The number of carbonyl (C=O) groups is 1. The molecule has 2 aromatic rings. The molecule has 0 bridgehead atoms. The second-order valence-corrected chi connectivity index (χ2v) is 9.76. The molecule has 2 fully saturated rings. The Kier molecular flexibility index (Phi) is 7.33. The van der Waals surface area contributed by atoms with E-state index in [9.17, 15) is 9.18 Å². The SMILES string of the molecule is COCCCCN1C(=O)N(c2cnc(C#N)nc2)C[C@]12CC[C@@](c1cccc(F)c1)(N(C)C)CC2. The van der Waals surface area contributed by atoms with Crippen LogP contribution in [0.1, 0.15) is 49.9 Å². The van der Waals surface area contributed by atoms with E-state index in [1.54, 1.807) is 36.5 Å². The van der Waals surface area contributed by atoms with E-state index >= 15 is 0 Å². The van der Waals surface area contributed by atoms with Crippen molar-refractivity contribution in [2.75, 3.05) is 45.8 Å². The summed E-state index contributed by atoms with van der Waals surface area (Å²) in [5, 5.41) is 9.03. The van der Waals surface area contributed by atoms with Crippen LogP contribution in [0, 0.1) is 17.1 Å². The number of hydrogen-bond acceptors (Lipinski definition) is 6. The van der Waals surface area contributed by atoms with Crippen LogP contribution in [0.5, 0.6) is 0 Å². The maximum Gasteiger partial charge on any atom is 0.325 e. The number of carbonyl (C=O) groups excluding carboxylic acids is 1. The van der Waals surface area contributed by atoms with E-state index in [2.05, 4.69) is 14.9 Å². The van der Waals surface area contributed by atoms with E-state index in [1.807, 2.05) is 31.1 Å². The van der Waals surface area contributed by atoms with Crippen molar-refractivity contribution in [1.29, 1.82) is 5.26 Å². The Hall–Kier alpha value is -3.09. The number of amides is 2. The number of benzene rings is 1. The molecule has 1 saturated carbocycles. The van der Waals surface area contributed by atoms with E-state index in [1.165, 1.54) is 6.07 Å². The summed E-state index contributed by atoms with van der Waals surface area (Å²) in [4.78, 5) is 27.7. The Balaban J connectivity index is 1.62. The lowest BCUT2D eigenvalue weighted by molar-refractivity contribution is 0.0252. The number of hydrogen-bond donors (Lipinski definition) is 0. The Labute approximate surface area is 206 Å². The predicted octanol–water partition coefficient (Wildman–Crippen LogP) is 3.93. The van der Waals surface area contributed by atoms with E-state index in [0.29, 0.717) is 25.4 Å². The number of methoxy groups -OCH3 is 1. The third-order valence-electron chi connectivity index (χ3n) is 7.74. The molecule has 4 rings (SSSR count). The van der Waals surface area contributed by atoms with E-state index in [-0.39, 0.29) is 28.8 Å². The van der Waals surface area contributed by atoms with Gasteiger partial charge >= 0.3 is 6.03 Å². The van der Waals surface area contributed by atoms with Gasteiger partial charge in [-0.25, -0.2) is 19.2 Å². The van der Waals surface area contributed by atoms with Gasteiger partial charge in [0.05, 0.1) is 30.2 Å². The summed E-state index contributed by atoms with van der Waals surface area (Å²) in [7, 11) is 5.78. The second kappa shape index (κ2) is 10.3. The van der Waals surface area contributed by atoms with Gasteiger partial charge in [-0.1, -0.05) is 12.1 Å². The zero-order valence-electron chi connectivity index (χ0n) is 20.7. The van der Waals surface area contributed by atoms with Crippen LogP contribution in [0.15, 0.2) is 36.7 Å². The minimum absolute atomic E-state index is 0.0566. The minimum atomic E-state index is -0.328. The highest BCUT2D eigenvalue weighted by Crippen LogP contribution is 2.49. The van der Waals surface area contributed by atoms with Gasteiger partial charge in [-0.15, -0.1) is 0 Å². The molecule has 2 amide bonds. The zero-order valence-corrected chi connectivity index (χ0v) is 20.7. The Bertz CT molecular complexity index is 1080. The van der Waals surface area contributed by atoms with Crippen LogP contribution >= 0.6 is 0 Å². The molecule has 1 aliphatic carbocycles. The number of unbranched alkanes of at least 4 members (excludes halogenated alkanes) is 1. The average molecular weight is 481 g/mol. The second-order valence-electron chi connectivity index (χ2n) is 9.76. The van der Waals surface area contributed by atoms with Crippen molar-refractivity contribution in [2.24, 2.45) is 0 Å². The third kappa shape index (κ3) is 4.73. The predicted molar refractivity (Wildman–Crippen MR) is 130 cm³/mol. The summed E-state index contributed by atoms with van der Waals surface area (Å²) in [6.07, 6.45) is 8.03. The Morgan fingerprint density at radius 2 is 1.89 bits per heavy atom. The highest BCUT2D eigenvalue weighted by molar-refractivity contribution is 5.95. The molecule has 0 atom stereocenters. The Morgan fingerprint density at radius 1 is 1.17 bits per heavy atom. The average Bonchev–Trinajstić information content (AvgIpc) is 3.13. The lowest BCUT2D eigenvalue weighted by Gasteiger charge is -2.51. The molecule has 8 nitrogen and oxygen atoms in total. The number of urea groups is 1. The van der Waals surface area contributed by atoms with Crippen molar-refractivity contribution in [2.45, 2.75) is 49.6 Å². The number of nitrogens with zero attached hydrogens (tertiary/aromatic N) is 6. The summed E-state index contributed by atoms with van der Waals surface area (Å²) in [6.45, 7) is 1.84. The molecular weight excluding hydrogens is 447 g/mol. The fourth-order valence-electron chi connectivity index (χ4n) is 5.69. The topological polar surface area (TPSA) is 85.6 Å². The molecule has 1 saturated heterocycles. The van der Waals surface area contributed by atoms with E-state index in [4.69, 9.17) is 10.00 Å². The van der Waals surface area contributed by atoms with Gasteiger partial charge in [-0.2, -0.15) is 5.26 Å². The summed E-state index contributed by atoms with van der Waals surface area (Å²) < 4.78 is 19.3. The maximum atomic E-state index is 14.1. The summed E-state index contributed by atoms with van der Waals surface area (Å²) in [5.74, 6) is -0.151. The smallest absolute Gasteiger partial charge is 0.325 e. The summed E-state index contributed by atoms with van der Waals surface area (Å²) in [6, 6.07) is 8.76. The van der Waals surface area contributed by atoms with E-state index in [0.717, 1.165) is 44.1 Å². The van der Waals surface area contributed by atoms with Gasteiger partial charge in [0.2, 0.25) is 5.82 Å². The molecule has 1 aliphatic heterocycles. The first-order valence-corrected chi connectivity index (χ1v) is 12.1. The molecule has 0 N–H and O–H groups in total. The molecule has 1 aromatic heterocycles. The largest absolute Gasteiger partial charge is 0.385 e. The van der Waals surface area contributed by atoms with Crippen LogP contribution in [0.25, 0.3) is 0 Å². The van der Waals surface area contributed by atoms with Crippen molar-refractivity contribution in [3.05, 3.63) is 53.9 Å². The molecule has 2 aliphatic rings. The first kappa shape index (κ1) is 25.0. The molecule has 0 radical (unpaired) electrons. The van der Waals surface area contributed by atoms with Gasteiger partial charge in [0, 0.05) is 25.8 Å². The minimum Gasteiger partial charge on any atom is -0.385 e. The number of nitriles is 1. The van der Waals surface area contributed by atoms with Crippen LogP contribution in [0.2, 0.25) is 0 Å². The molecule has 35 heavy (non-hydrogen) atoms. The van der Waals surface area contributed by atoms with Crippen LogP contribution in [0.3, 0.4) is 0 Å². The van der Waals surface area contributed by atoms with Gasteiger partial charge in [0.25, 0.3) is 0 Å². The maximum absolute atomic E-state index is 14.1. The number of rotatable bonds is 8. The quantitative estimate of drug-likeness (QED) is 0.533.